The van der Waals surface area contributed by atoms with Crippen molar-refractivity contribution in [3.05, 3.63) is 35.5 Å². The maximum atomic E-state index is 12.0. The van der Waals surface area contributed by atoms with Gasteiger partial charge in [0.2, 0.25) is 5.91 Å². The van der Waals surface area contributed by atoms with E-state index in [1.54, 1.807) is 0 Å². The molecule has 0 bridgehead atoms. The number of rotatable bonds is 1. The number of hydrogen-bond acceptors (Lipinski definition) is 2. The summed E-state index contributed by atoms with van der Waals surface area (Å²) in [5.41, 5.74) is 2.97. The van der Waals surface area contributed by atoms with Gasteiger partial charge in [0.05, 0.1) is 12.5 Å². The van der Waals surface area contributed by atoms with E-state index in [1.807, 2.05) is 31.2 Å². The smallest absolute Gasteiger partial charge is 0.221 e. The Balaban J connectivity index is 2.15. The van der Waals surface area contributed by atoms with Crippen molar-refractivity contribution in [1.29, 1.82) is 0 Å². The SMILES string of the molecule is Cc1[nH]c2ccccc2c1C1CC(=O)NCC1=O. The first-order valence-corrected chi connectivity index (χ1v) is 6.03. The van der Waals surface area contributed by atoms with Crippen LogP contribution in [-0.4, -0.2) is 23.2 Å². The number of aromatic nitrogens is 1. The summed E-state index contributed by atoms with van der Waals surface area (Å²) < 4.78 is 0. The number of piperidine rings is 1. The Kier molecular flexibility index (Phi) is 2.44. The lowest BCUT2D eigenvalue weighted by Crippen LogP contribution is -2.40. The predicted molar refractivity (Wildman–Crippen MR) is 68.4 cm³/mol. The molecule has 0 radical (unpaired) electrons. The van der Waals surface area contributed by atoms with Crippen molar-refractivity contribution in [2.75, 3.05) is 6.54 Å². The van der Waals surface area contributed by atoms with Crippen molar-refractivity contribution in [3.63, 3.8) is 0 Å². The minimum atomic E-state index is -0.310. The number of carbonyl (C=O) groups is 2. The lowest BCUT2D eigenvalue weighted by atomic mass is 9.87. The van der Waals surface area contributed by atoms with Gasteiger partial charge in [0, 0.05) is 23.0 Å². The summed E-state index contributed by atoms with van der Waals surface area (Å²) in [6.45, 7) is 2.09. The Morgan fingerprint density at radius 3 is 2.83 bits per heavy atom. The van der Waals surface area contributed by atoms with Gasteiger partial charge in [0.15, 0.2) is 5.78 Å². The van der Waals surface area contributed by atoms with E-state index in [9.17, 15) is 9.59 Å². The highest BCUT2D eigenvalue weighted by Gasteiger charge is 2.31. The molecule has 18 heavy (non-hydrogen) atoms. The van der Waals surface area contributed by atoms with Crippen LogP contribution in [0.25, 0.3) is 10.9 Å². The maximum Gasteiger partial charge on any atom is 0.221 e. The minimum Gasteiger partial charge on any atom is -0.358 e. The molecule has 1 atom stereocenters. The molecule has 1 saturated heterocycles. The quantitative estimate of drug-likeness (QED) is 0.798. The Labute approximate surface area is 104 Å². The number of amides is 1. The summed E-state index contributed by atoms with van der Waals surface area (Å²) in [5.74, 6) is -0.276. The topological polar surface area (TPSA) is 62.0 Å². The molecule has 2 heterocycles. The number of nitrogens with one attached hydrogen (secondary N) is 2. The predicted octanol–water partition coefficient (Wildman–Crippen LogP) is 1.65. The molecule has 4 nitrogen and oxygen atoms in total. The summed E-state index contributed by atoms with van der Waals surface area (Å²) >= 11 is 0. The fourth-order valence-electron chi connectivity index (χ4n) is 2.69. The standard InChI is InChI=1S/C14H14N2O2/c1-8-14(9-4-2-3-5-11(9)16-8)10-6-13(18)15-7-12(10)17/h2-5,10,16H,6-7H2,1H3,(H,15,18). The first-order chi connectivity index (χ1) is 8.66. The normalized spacial score (nSPS) is 20.2. The molecule has 0 aliphatic carbocycles. The molecule has 1 aromatic carbocycles. The number of H-pyrrole nitrogens is 1. The number of Topliss-reactive ketones (excluding diaryl/α,β-unsaturated/α-hetero) is 1. The molecule has 3 rings (SSSR count). The average Bonchev–Trinajstić information content (AvgIpc) is 2.68. The maximum absolute atomic E-state index is 12.0. The fourth-order valence-corrected chi connectivity index (χ4v) is 2.69. The fraction of sp³-hybridized carbons (Fsp3) is 0.286. The number of aromatic amines is 1. The third-order valence-corrected chi connectivity index (χ3v) is 3.53. The lowest BCUT2D eigenvalue weighted by Gasteiger charge is -2.21. The zero-order valence-electron chi connectivity index (χ0n) is 10.1. The van der Waals surface area contributed by atoms with Gasteiger partial charge in [-0.2, -0.15) is 0 Å². The van der Waals surface area contributed by atoms with Crippen molar-refractivity contribution < 1.29 is 9.59 Å². The lowest BCUT2D eigenvalue weighted by molar-refractivity contribution is -0.131. The molecule has 4 heteroatoms. The third kappa shape index (κ3) is 1.61. The van der Waals surface area contributed by atoms with Gasteiger partial charge in [-0.25, -0.2) is 0 Å². The molecule has 2 N–H and O–H groups in total. The Morgan fingerprint density at radius 2 is 2.00 bits per heavy atom. The second-order valence-electron chi connectivity index (χ2n) is 4.71. The summed E-state index contributed by atoms with van der Waals surface area (Å²) in [5, 5.41) is 3.64. The van der Waals surface area contributed by atoms with Crippen molar-refractivity contribution in [2.24, 2.45) is 0 Å². The van der Waals surface area contributed by atoms with Crippen LogP contribution >= 0.6 is 0 Å². The van der Waals surface area contributed by atoms with Crippen LogP contribution in [-0.2, 0) is 9.59 Å². The monoisotopic (exact) mass is 242 g/mol. The first kappa shape index (κ1) is 11.0. The molecule has 0 spiro atoms. The van der Waals surface area contributed by atoms with E-state index in [0.717, 1.165) is 22.2 Å². The number of benzene rings is 1. The van der Waals surface area contributed by atoms with Gasteiger partial charge in [-0.15, -0.1) is 0 Å². The highest BCUT2D eigenvalue weighted by atomic mass is 16.2. The van der Waals surface area contributed by atoms with E-state index < -0.39 is 0 Å². The molecule has 0 saturated carbocycles. The van der Waals surface area contributed by atoms with Crippen LogP contribution in [0.1, 0.15) is 23.6 Å². The summed E-state index contributed by atoms with van der Waals surface area (Å²) in [4.78, 5) is 26.8. The highest BCUT2D eigenvalue weighted by Crippen LogP contribution is 2.32. The minimum absolute atomic E-state index is 0.0516. The van der Waals surface area contributed by atoms with Crippen LogP contribution in [0.3, 0.4) is 0 Å². The van der Waals surface area contributed by atoms with E-state index >= 15 is 0 Å². The largest absolute Gasteiger partial charge is 0.358 e. The molecular formula is C14H14N2O2. The summed E-state index contributed by atoms with van der Waals surface area (Å²) in [6, 6.07) is 7.89. The highest BCUT2D eigenvalue weighted by molar-refractivity contribution is 6.01. The van der Waals surface area contributed by atoms with E-state index in [-0.39, 0.29) is 30.6 Å². The van der Waals surface area contributed by atoms with Gasteiger partial charge in [-0.3, -0.25) is 9.59 Å². The van der Waals surface area contributed by atoms with Gasteiger partial charge < -0.3 is 10.3 Å². The molecule has 1 aromatic heterocycles. The van der Waals surface area contributed by atoms with E-state index in [0.29, 0.717) is 0 Å². The van der Waals surface area contributed by atoms with Gasteiger partial charge >= 0.3 is 0 Å². The summed E-state index contributed by atoms with van der Waals surface area (Å²) in [6.07, 6.45) is 0.252. The zero-order chi connectivity index (χ0) is 12.7. The van der Waals surface area contributed by atoms with Crippen LogP contribution in [0.2, 0.25) is 0 Å². The van der Waals surface area contributed by atoms with Crippen LogP contribution in [0.5, 0.6) is 0 Å². The third-order valence-electron chi connectivity index (χ3n) is 3.53. The number of hydrogen-bond donors (Lipinski definition) is 2. The number of para-hydroxylation sites is 1. The molecule has 1 aliphatic heterocycles. The van der Waals surface area contributed by atoms with Crippen molar-refractivity contribution >= 4 is 22.6 Å². The number of carbonyl (C=O) groups excluding carboxylic acids is 2. The molecule has 1 unspecified atom stereocenters. The molecule has 92 valence electrons. The van der Waals surface area contributed by atoms with Crippen LogP contribution in [0.4, 0.5) is 0 Å². The van der Waals surface area contributed by atoms with Crippen LogP contribution < -0.4 is 5.32 Å². The molecular weight excluding hydrogens is 228 g/mol. The van der Waals surface area contributed by atoms with E-state index in [4.69, 9.17) is 0 Å². The van der Waals surface area contributed by atoms with E-state index in [1.165, 1.54) is 0 Å². The first-order valence-electron chi connectivity index (χ1n) is 6.03. The second kappa shape index (κ2) is 3.98. The molecule has 2 aromatic rings. The zero-order valence-corrected chi connectivity index (χ0v) is 10.1. The van der Waals surface area contributed by atoms with Crippen molar-refractivity contribution in [3.8, 4) is 0 Å². The van der Waals surface area contributed by atoms with Crippen molar-refractivity contribution in [2.45, 2.75) is 19.3 Å². The summed E-state index contributed by atoms with van der Waals surface area (Å²) in [7, 11) is 0. The van der Waals surface area contributed by atoms with Crippen LogP contribution in [0.15, 0.2) is 24.3 Å². The average molecular weight is 242 g/mol. The van der Waals surface area contributed by atoms with Crippen LogP contribution in [0, 0.1) is 6.92 Å². The number of fused-ring (bicyclic) bond motifs is 1. The second-order valence-corrected chi connectivity index (χ2v) is 4.71. The van der Waals surface area contributed by atoms with Gasteiger partial charge in [-0.1, -0.05) is 18.2 Å². The van der Waals surface area contributed by atoms with Gasteiger partial charge in [0.1, 0.15) is 0 Å². The van der Waals surface area contributed by atoms with Gasteiger partial charge in [0.25, 0.3) is 0 Å². The Hall–Kier alpha value is -2.10. The Morgan fingerprint density at radius 1 is 1.22 bits per heavy atom. The molecule has 1 amide bonds. The van der Waals surface area contributed by atoms with Crippen molar-refractivity contribution in [1.82, 2.24) is 10.3 Å². The van der Waals surface area contributed by atoms with Gasteiger partial charge in [-0.05, 0) is 18.6 Å². The number of aryl methyl sites for hydroxylation is 1. The molecule has 1 fully saturated rings. The molecule has 1 aliphatic rings. The Bertz CT molecular complexity index is 642. The number of ketones is 1. The van der Waals surface area contributed by atoms with E-state index in [2.05, 4.69) is 10.3 Å².